The fraction of sp³-hybridized carbons (Fsp3) is 0.938. The molecule has 8 heteroatoms. The molecule has 0 aliphatic rings. The molecular formula is C16H27F5O2S. The first kappa shape index (κ1) is 23.5. The third-order valence-corrected chi connectivity index (χ3v) is 4.66. The molecule has 0 aliphatic carbocycles. The lowest BCUT2D eigenvalue weighted by Gasteiger charge is -2.20. The average Bonchev–Trinajstić information content (AvgIpc) is 2.43. The predicted octanol–water partition coefficient (Wildman–Crippen LogP) is 5.99. The van der Waals surface area contributed by atoms with Gasteiger partial charge in [0.1, 0.15) is 5.25 Å². The predicted molar refractivity (Wildman–Crippen MR) is 86.5 cm³/mol. The van der Waals surface area contributed by atoms with E-state index in [-0.39, 0.29) is 30.2 Å². The molecule has 144 valence electrons. The van der Waals surface area contributed by atoms with Crippen molar-refractivity contribution in [1.29, 1.82) is 0 Å². The molecule has 2 nitrogen and oxygen atoms in total. The topological polar surface area (TPSA) is 26.3 Å². The summed E-state index contributed by atoms with van der Waals surface area (Å²) in [5, 5.41) is -0.387. The van der Waals surface area contributed by atoms with E-state index in [2.05, 4.69) is 0 Å². The molecule has 1 atom stereocenters. The molecule has 24 heavy (non-hydrogen) atoms. The number of hydrogen-bond acceptors (Lipinski definition) is 3. The van der Waals surface area contributed by atoms with Gasteiger partial charge in [-0.1, -0.05) is 26.2 Å². The Morgan fingerprint density at radius 2 is 1.67 bits per heavy atom. The van der Waals surface area contributed by atoms with Crippen LogP contribution >= 0.6 is 11.8 Å². The highest BCUT2D eigenvalue weighted by molar-refractivity contribution is 8.00. The van der Waals surface area contributed by atoms with Gasteiger partial charge in [0, 0.05) is 6.42 Å². The van der Waals surface area contributed by atoms with Crippen LogP contribution in [0.3, 0.4) is 0 Å². The summed E-state index contributed by atoms with van der Waals surface area (Å²) in [6.07, 6.45) is -3.52. The molecule has 0 amide bonds. The normalized spacial score (nSPS) is 14.0. The van der Waals surface area contributed by atoms with Crippen LogP contribution in [-0.4, -0.2) is 35.2 Å². The van der Waals surface area contributed by atoms with Gasteiger partial charge in [0.2, 0.25) is 0 Å². The van der Waals surface area contributed by atoms with E-state index in [9.17, 15) is 26.7 Å². The Bertz CT molecular complexity index is 359. The minimum Gasteiger partial charge on any atom is -0.462 e. The zero-order chi connectivity index (χ0) is 18.8. The van der Waals surface area contributed by atoms with Gasteiger partial charge in [-0.05, 0) is 38.9 Å². The van der Waals surface area contributed by atoms with Gasteiger partial charge >= 0.3 is 18.1 Å². The molecule has 0 saturated carbocycles. The second-order valence-corrected chi connectivity index (χ2v) is 7.31. The summed E-state index contributed by atoms with van der Waals surface area (Å²) in [6.45, 7) is 5.52. The van der Waals surface area contributed by atoms with Crippen molar-refractivity contribution in [1.82, 2.24) is 0 Å². The molecule has 0 fully saturated rings. The lowest BCUT2D eigenvalue weighted by Crippen LogP contribution is -2.36. The molecule has 1 unspecified atom stereocenters. The summed E-state index contributed by atoms with van der Waals surface area (Å²) in [5.74, 6) is -4.63. The van der Waals surface area contributed by atoms with Gasteiger partial charge in [-0.15, -0.1) is 11.8 Å². The van der Waals surface area contributed by atoms with Crippen molar-refractivity contribution < 1.29 is 31.5 Å². The smallest absolute Gasteiger partial charge is 0.453 e. The lowest BCUT2D eigenvalue weighted by atomic mass is 10.1. The maximum absolute atomic E-state index is 12.8. The summed E-state index contributed by atoms with van der Waals surface area (Å²) < 4.78 is 66.9. The highest BCUT2D eigenvalue weighted by atomic mass is 32.2. The van der Waals surface area contributed by atoms with Gasteiger partial charge in [-0.3, -0.25) is 4.79 Å². The largest absolute Gasteiger partial charge is 0.462 e. The molecule has 0 aliphatic heterocycles. The number of hydrogen-bond donors (Lipinski definition) is 0. The van der Waals surface area contributed by atoms with E-state index >= 15 is 0 Å². The second kappa shape index (κ2) is 11.2. The van der Waals surface area contributed by atoms with Gasteiger partial charge in [0.05, 0.1) is 6.10 Å². The van der Waals surface area contributed by atoms with Crippen LogP contribution in [0.2, 0.25) is 0 Å². The van der Waals surface area contributed by atoms with Gasteiger partial charge in [-0.25, -0.2) is 0 Å². The van der Waals surface area contributed by atoms with E-state index in [1.165, 1.54) is 11.8 Å². The first-order valence-electron chi connectivity index (χ1n) is 8.28. The Morgan fingerprint density at radius 1 is 1.04 bits per heavy atom. The maximum atomic E-state index is 12.8. The van der Waals surface area contributed by atoms with Crippen LogP contribution in [0.1, 0.15) is 65.7 Å². The van der Waals surface area contributed by atoms with Gasteiger partial charge in [0.15, 0.2) is 0 Å². The Labute approximate surface area is 144 Å². The molecule has 0 heterocycles. The quantitative estimate of drug-likeness (QED) is 0.237. The van der Waals surface area contributed by atoms with E-state index < -0.39 is 18.5 Å². The summed E-state index contributed by atoms with van der Waals surface area (Å²) in [7, 11) is 0. The number of alkyl halides is 5. The van der Waals surface area contributed by atoms with Gasteiger partial charge in [-0.2, -0.15) is 22.0 Å². The number of halogens is 5. The second-order valence-electron chi connectivity index (χ2n) is 6.00. The van der Waals surface area contributed by atoms with Crippen molar-refractivity contribution in [2.75, 3.05) is 5.75 Å². The molecule has 0 radical (unpaired) electrons. The SMILES string of the molecule is CCCCCC(SCCCCC(F)(F)C(F)(F)F)C(=O)OC(C)C. The van der Waals surface area contributed by atoms with Crippen LogP contribution in [0, 0.1) is 0 Å². The number of esters is 1. The Kier molecular flexibility index (Phi) is 10.9. The number of rotatable bonds is 12. The number of unbranched alkanes of at least 4 members (excludes halogenated alkanes) is 3. The van der Waals surface area contributed by atoms with Crippen molar-refractivity contribution in [2.24, 2.45) is 0 Å². The number of carbonyl (C=O) groups is 1. The minimum atomic E-state index is -5.50. The van der Waals surface area contributed by atoms with E-state index in [1.807, 2.05) is 6.92 Å². The molecule has 0 aromatic carbocycles. The summed E-state index contributed by atoms with van der Waals surface area (Å²) in [6, 6.07) is 0. The summed E-state index contributed by atoms with van der Waals surface area (Å²) in [5.41, 5.74) is 0. The zero-order valence-electron chi connectivity index (χ0n) is 14.4. The average molecular weight is 378 g/mol. The van der Waals surface area contributed by atoms with Crippen molar-refractivity contribution in [3.8, 4) is 0 Å². The molecule has 0 bridgehead atoms. The lowest BCUT2D eigenvalue weighted by molar-refractivity contribution is -0.284. The van der Waals surface area contributed by atoms with Crippen LogP contribution < -0.4 is 0 Å². The molecule has 0 aromatic heterocycles. The summed E-state index contributed by atoms with van der Waals surface area (Å²) in [4.78, 5) is 12.0. The fourth-order valence-electron chi connectivity index (χ4n) is 1.97. The van der Waals surface area contributed by atoms with Crippen LogP contribution in [0.5, 0.6) is 0 Å². The molecule has 0 saturated heterocycles. The zero-order valence-corrected chi connectivity index (χ0v) is 15.2. The molecule has 0 N–H and O–H groups in total. The van der Waals surface area contributed by atoms with Crippen LogP contribution in [0.4, 0.5) is 22.0 Å². The van der Waals surface area contributed by atoms with Crippen molar-refractivity contribution in [3.05, 3.63) is 0 Å². The number of ether oxygens (including phenoxy) is 1. The Balaban J connectivity index is 4.24. The Hall–Kier alpha value is -0.530. The molecular weight excluding hydrogens is 351 g/mol. The monoisotopic (exact) mass is 378 g/mol. The van der Waals surface area contributed by atoms with Crippen LogP contribution in [-0.2, 0) is 9.53 Å². The number of carbonyl (C=O) groups excluding carboxylic acids is 1. The molecule has 0 aromatic rings. The fourth-order valence-corrected chi connectivity index (χ4v) is 3.15. The van der Waals surface area contributed by atoms with E-state index in [1.54, 1.807) is 13.8 Å². The van der Waals surface area contributed by atoms with Crippen molar-refractivity contribution in [3.63, 3.8) is 0 Å². The standard InChI is InChI=1S/C16H27F5O2S/c1-4-5-6-9-13(14(22)23-12(2)3)24-11-8-7-10-15(17,18)16(19,20)21/h12-13H,4-11H2,1-3H3. The molecule has 0 rings (SSSR count). The van der Waals surface area contributed by atoms with E-state index in [4.69, 9.17) is 4.74 Å². The van der Waals surface area contributed by atoms with E-state index in [0.717, 1.165) is 19.3 Å². The van der Waals surface area contributed by atoms with Crippen molar-refractivity contribution >= 4 is 17.7 Å². The minimum absolute atomic E-state index is 0.204. The first-order chi connectivity index (χ1) is 11.0. The van der Waals surface area contributed by atoms with Crippen LogP contribution in [0.15, 0.2) is 0 Å². The summed E-state index contributed by atoms with van der Waals surface area (Å²) >= 11 is 1.28. The Morgan fingerprint density at radius 3 is 2.17 bits per heavy atom. The third kappa shape index (κ3) is 9.69. The van der Waals surface area contributed by atoms with E-state index in [0.29, 0.717) is 12.2 Å². The van der Waals surface area contributed by atoms with Crippen molar-refractivity contribution in [2.45, 2.75) is 89.2 Å². The van der Waals surface area contributed by atoms with Gasteiger partial charge in [0.25, 0.3) is 0 Å². The highest BCUT2D eigenvalue weighted by Crippen LogP contribution is 2.39. The highest BCUT2D eigenvalue weighted by Gasteiger charge is 2.56. The van der Waals surface area contributed by atoms with Gasteiger partial charge < -0.3 is 4.74 Å². The maximum Gasteiger partial charge on any atom is 0.453 e. The first-order valence-corrected chi connectivity index (χ1v) is 9.32. The number of thioether (sulfide) groups is 1. The third-order valence-electron chi connectivity index (χ3n) is 3.30. The molecule has 0 spiro atoms. The van der Waals surface area contributed by atoms with Crippen LogP contribution in [0.25, 0.3) is 0 Å².